The van der Waals surface area contributed by atoms with Gasteiger partial charge in [0.2, 0.25) is 0 Å². The van der Waals surface area contributed by atoms with Gasteiger partial charge in [-0.05, 0) is 55.7 Å². The summed E-state index contributed by atoms with van der Waals surface area (Å²) in [6, 6.07) is 13.9. The molecule has 21 heavy (non-hydrogen) atoms. The Balaban J connectivity index is 1.56. The van der Waals surface area contributed by atoms with Crippen LogP contribution in [0.3, 0.4) is 0 Å². The number of fused-ring (bicyclic) bond motifs is 1. The lowest BCUT2D eigenvalue weighted by Gasteiger charge is -2.14. The van der Waals surface area contributed by atoms with Gasteiger partial charge in [0, 0.05) is 12.1 Å². The number of rotatable bonds is 5. The van der Waals surface area contributed by atoms with Crippen LogP contribution >= 0.6 is 0 Å². The van der Waals surface area contributed by atoms with Gasteiger partial charge in [0.25, 0.3) is 5.91 Å². The molecule has 1 N–H and O–H groups in total. The monoisotopic (exact) mass is 282 g/mol. The quantitative estimate of drug-likeness (QED) is 0.855. The van der Waals surface area contributed by atoms with Crippen molar-refractivity contribution in [2.24, 2.45) is 0 Å². The van der Waals surface area contributed by atoms with Gasteiger partial charge in [-0.2, -0.15) is 0 Å². The Labute approximate surface area is 125 Å². The molecule has 0 bridgehead atoms. The highest BCUT2D eigenvalue weighted by atomic mass is 16.1. The number of nitrogens with one attached hydrogen (secondary N) is 1. The van der Waals surface area contributed by atoms with Crippen LogP contribution in [0.15, 0.2) is 42.5 Å². The van der Waals surface area contributed by atoms with E-state index in [0.29, 0.717) is 0 Å². The lowest BCUT2D eigenvalue weighted by atomic mass is 10.0. The number of benzene rings is 2. The number of amides is 1. The summed E-state index contributed by atoms with van der Waals surface area (Å²) >= 11 is 0. The molecule has 0 radical (unpaired) electrons. The molecule has 3 rings (SSSR count). The van der Waals surface area contributed by atoms with E-state index in [0.717, 1.165) is 35.8 Å². The van der Waals surface area contributed by atoms with Crippen LogP contribution in [0.2, 0.25) is 0 Å². The third-order valence-electron chi connectivity index (χ3n) is 4.17. The fraction of sp³-hybridized carbons (Fsp3) is 0.389. The van der Waals surface area contributed by atoms with Crippen LogP contribution < -0.4 is 5.32 Å². The smallest absolute Gasteiger partial charge is 0.251 e. The Morgan fingerprint density at radius 2 is 1.81 bits per heavy atom. The summed E-state index contributed by atoms with van der Waals surface area (Å²) in [5.74, 6) is 0.0354. The van der Waals surface area contributed by atoms with E-state index >= 15 is 0 Å². The first kappa shape index (κ1) is 14.1. The molecule has 1 saturated heterocycles. The molecule has 1 aliphatic heterocycles. The highest BCUT2D eigenvalue weighted by Crippen LogP contribution is 2.18. The van der Waals surface area contributed by atoms with E-state index in [-0.39, 0.29) is 5.91 Å². The number of carbonyl (C=O) groups excluding carboxylic acids is 1. The Bertz CT molecular complexity index is 612. The molecule has 3 heteroatoms. The summed E-state index contributed by atoms with van der Waals surface area (Å²) in [6.45, 7) is 4.28. The Morgan fingerprint density at radius 3 is 2.67 bits per heavy atom. The van der Waals surface area contributed by atoms with Crippen LogP contribution in [-0.4, -0.2) is 37.0 Å². The largest absolute Gasteiger partial charge is 0.352 e. The van der Waals surface area contributed by atoms with Crippen molar-refractivity contribution in [2.75, 3.05) is 26.2 Å². The lowest BCUT2D eigenvalue weighted by molar-refractivity contribution is 0.0953. The molecular formula is C18H22N2O. The fourth-order valence-electron chi connectivity index (χ4n) is 3.03. The zero-order valence-corrected chi connectivity index (χ0v) is 12.3. The summed E-state index contributed by atoms with van der Waals surface area (Å²) in [5, 5.41) is 5.19. The molecule has 3 nitrogen and oxygen atoms in total. The minimum Gasteiger partial charge on any atom is -0.352 e. The van der Waals surface area contributed by atoms with Gasteiger partial charge in [-0.3, -0.25) is 4.79 Å². The SMILES string of the molecule is O=C(NCCCN1CCCC1)c1cccc2ccccc12. The van der Waals surface area contributed by atoms with Crippen molar-refractivity contribution in [3.05, 3.63) is 48.0 Å². The number of nitrogens with zero attached hydrogens (tertiary/aromatic N) is 1. The first-order chi connectivity index (χ1) is 10.3. The van der Waals surface area contributed by atoms with E-state index in [2.05, 4.69) is 10.2 Å². The third kappa shape index (κ3) is 3.42. The van der Waals surface area contributed by atoms with Crippen molar-refractivity contribution in [2.45, 2.75) is 19.3 Å². The Hall–Kier alpha value is -1.87. The molecule has 2 aromatic rings. The van der Waals surface area contributed by atoms with E-state index in [9.17, 15) is 4.79 Å². The number of hydrogen-bond donors (Lipinski definition) is 1. The number of likely N-dealkylation sites (tertiary alicyclic amines) is 1. The summed E-state index contributed by atoms with van der Waals surface area (Å²) < 4.78 is 0. The van der Waals surface area contributed by atoms with Gasteiger partial charge in [-0.15, -0.1) is 0 Å². The van der Waals surface area contributed by atoms with Gasteiger partial charge in [0.15, 0.2) is 0 Å². The second kappa shape index (κ2) is 6.72. The summed E-state index contributed by atoms with van der Waals surface area (Å²) in [5.41, 5.74) is 0.772. The van der Waals surface area contributed by atoms with Crippen LogP contribution in [0.1, 0.15) is 29.6 Å². The van der Waals surface area contributed by atoms with Gasteiger partial charge in [-0.1, -0.05) is 36.4 Å². The highest BCUT2D eigenvalue weighted by molar-refractivity contribution is 6.06. The minimum atomic E-state index is 0.0354. The van der Waals surface area contributed by atoms with E-state index in [4.69, 9.17) is 0 Å². The maximum Gasteiger partial charge on any atom is 0.251 e. The zero-order chi connectivity index (χ0) is 14.5. The molecule has 0 spiro atoms. The van der Waals surface area contributed by atoms with E-state index in [1.54, 1.807) is 0 Å². The van der Waals surface area contributed by atoms with Gasteiger partial charge in [0.1, 0.15) is 0 Å². The molecule has 1 fully saturated rings. The Morgan fingerprint density at radius 1 is 1.05 bits per heavy atom. The van der Waals surface area contributed by atoms with Crippen LogP contribution in [0, 0.1) is 0 Å². The van der Waals surface area contributed by atoms with Gasteiger partial charge >= 0.3 is 0 Å². The first-order valence-electron chi connectivity index (χ1n) is 7.83. The van der Waals surface area contributed by atoms with Gasteiger partial charge in [-0.25, -0.2) is 0 Å². The standard InChI is InChI=1S/C18H22N2O/c21-18(19-11-6-14-20-12-3-4-13-20)17-10-5-8-15-7-1-2-9-16(15)17/h1-2,5,7-10H,3-4,6,11-14H2,(H,19,21). The summed E-state index contributed by atoms with van der Waals surface area (Å²) in [7, 11) is 0. The highest BCUT2D eigenvalue weighted by Gasteiger charge is 2.11. The van der Waals surface area contributed by atoms with Gasteiger partial charge in [0.05, 0.1) is 0 Å². The second-order valence-corrected chi connectivity index (χ2v) is 5.68. The summed E-state index contributed by atoms with van der Waals surface area (Å²) in [6.07, 6.45) is 3.67. The van der Waals surface area contributed by atoms with Crippen molar-refractivity contribution in [1.29, 1.82) is 0 Å². The number of carbonyl (C=O) groups is 1. The van der Waals surface area contributed by atoms with Crippen LogP contribution in [0.25, 0.3) is 10.8 Å². The molecule has 0 unspecified atom stereocenters. The average molecular weight is 282 g/mol. The third-order valence-corrected chi connectivity index (χ3v) is 4.17. The Kier molecular flexibility index (Phi) is 4.51. The van der Waals surface area contributed by atoms with Crippen molar-refractivity contribution in [3.8, 4) is 0 Å². The van der Waals surface area contributed by atoms with Crippen molar-refractivity contribution < 1.29 is 4.79 Å². The van der Waals surface area contributed by atoms with E-state index in [1.807, 2.05) is 42.5 Å². The van der Waals surface area contributed by atoms with E-state index in [1.165, 1.54) is 25.9 Å². The molecule has 0 aliphatic carbocycles. The van der Waals surface area contributed by atoms with Crippen molar-refractivity contribution in [3.63, 3.8) is 0 Å². The van der Waals surface area contributed by atoms with Crippen LogP contribution in [0.4, 0.5) is 0 Å². The molecule has 0 saturated carbocycles. The first-order valence-corrected chi connectivity index (χ1v) is 7.83. The topological polar surface area (TPSA) is 32.3 Å². The molecule has 2 aromatic carbocycles. The van der Waals surface area contributed by atoms with Crippen LogP contribution in [0.5, 0.6) is 0 Å². The predicted molar refractivity (Wildman–Crippen MR) is 86.6 cm³/mol. The minimum absolute atomic E-state index is 0.0354. The molecular weight excluding hydrogens is 260 g/mol. The maximum absolute atomic E-state index is 12.3. The van der Waals surface area contributed by atoms with Crippen molar-refractivity contribution >= 4 is 16.7 Å². The lowest BCUT2D eigenvalue weighted by Crippen LogP contribution is -2.28. The second-order valence-electron chi connectivity index (χ2n) is 5.68. The van der Waals surface area contributed by atoms with Crippen molar-refractivity contribution in [1.82, 2.24) is 10.2 Å². The summed E-state index contributed by atoms with van der Waals surface area (Å²) in [4.78, 5) is 14.8. The number of hydrogen-bond acceptors (Lipinski definition) is 2. The average Bonchev–Trinajstić information content (AvgIpc) is 3.04. The zero-order valence-electron chi connectivity index (χ0n) is 12.3. The molecule has 110 valence electrons. The maximum atomic E-state index is 12.3. The molecule has 1 aliphatic rings. The van der Waals surface area contributed by atoms with Crippen LogP contribution in [-0.2, 0) is 0 Å². The predicted octanol–water partition coefficient (Wildman–Crippen LogP) is 3.06. The molecule has 0 atom stereocenters. The molecule has 0 aromatic heterocycles. The molecule has 1 heterocycles. The molecule has 1 amide bonds. The van der Waals surface area contributed by atoms with E-state index < -0.39 is 0 Å². The fourth-order valence-corrected chi connectivity index (χ4v) is 3.03. The normalized spacial score (nSPS) is 15.4. The van der Waals surface area contributed by atoms with Gasteiger partial charge < -0.3 is 10.2 Å².